The van der Waals surface area contributed by atoms with Crippen LogP contribution < -0.4 is 30.3 Å². The van der Waals surface area contributed by atoms with E-state index in [9.17, 15) is 14.9 Å². The average molecular weight is 1000 g/mol. The van der Waals surface area contributed by atoms with Crippen molar-refractivity contribution in [3.63, 3.8) is 0 Å². The van der Waals surface area contributed by atoms with Crippen LogP contribution in [0.4, 0.5) is 28.4 Å². The first kappa shape index (κ1) is 45.8. The number of morpholine rings is 2. The minimum Gasteiger partial charge on any atom is -0.489 e. The molecular weight excluding hydrogens is 943 g/mol. The van der Waals surface area contributed by atoms with E-state index < -0.39 is 38.5 Å². The van der Waals surface area contributed by atoms with E-state index in [0.29, 0.717) is 75.5 Å². The second kappa shape index (κ2) is 17.6. The molecule has 20 heteroatoms. The van der Waals surface area contributed by atoms with Gasteiger partial charge in [-0.1, -0.05) is 24.3 Å². The van der Waals surface area contributed by atoms with Gasteiger partial charge < -0.3 is 49.5 Å². The Labute approximate surface area is 416 Å². The number of aryl methyl sites for hydroxylation is 1. The summed E-state index contributed by atoms with van der Waals surface area (Å²) in [6.45, 7) is 8.20. The van der Waals surface area contributed by atoms with Crippen molar-refractivity contribution in [2.45, 2.75) is 97.7 Å². The largest absolute Gasteiger partial charge is 0.489 e. The van der Waals surface area contributed by atoms with E-state index in [-0.39, 0.29) is 81.2 Å². The van der Waals surface area contributed by atoms with Gasteiger partial charge in [-0.25, -0.2) is 8.42 Å². The monoisotopic (exact) mass is 1000 g/mol. The number of nitrogens with one attached hydrogen (secondary N) is 2. The fourth-order valence-electron chi connectivity index (χ4n) is 13.3. The number of rotatable bonds is 10. The Hall–Kier alpha value is -6.03. The fraction of sp³-hybridized carbons (Fsp3) is 0.500. The number of ether oxygens (including phenoxy) is 5. The molecular formula is C52H59N9O10S. The number of pyridine rings is 1. The van der Waals surface area contributed by atoms with Gasteiger partial charge in [0.15, 0.2) is 11.4 Å². The first-order chi connectivity index (χ1) is 34.9. The summed E-state index contributed by atoms with van der Waals surface area (Å²) in [7, 11) is -4.78. The molecule has 9 heterocycles. The number of likely N-dealkylation sites (tertiary alicyclic amines) is 1. The molecule has 6 fully saturated rings. The van der Waals surface area contributed by atoms with E-state index in [1.165, 1.54) is 17.2 Å². The van der Waals surface area contributed by atoms with Crippen molar-refractivity contribution < 1.29 is 41.8 Å². The summed E-state index contributed by atoms with van der Waals surface area (Å²) < 4.78 is 62.9. The molecule has 13 rings (SSSR count). The zero-order valence-corrected chi connectivity index (χ0v) is 41.0. The van der Waals surface area contributed by atoms with Crippen LogP contribution in [0.5, 0.6) is 11.6 Å². The van der Waals surface area contributed by atoms with Gasteiger partial charge in [-0.3, -0.25) is 24.7 Å². The van der Waals surface area contributed by atoms with Gasteiger partial charge in [-0.2, -0.15) is 4.98 Å². The zero-order valence-electron chi connectivity index (χ0n) is 40.2. The van der Waals surface area contributed by atoms with Gasteiger partial charge in [0.25, 0.3) is 11.6 Å². The molecule has 19 nitrogen and oxygen atoms in total. The smallest absolute Gasteiger partial charge is 0.297 e. The van der Waals surface area contributed by atoms with Crippen molar-refractivity contribution in [1.82, 2.24) is 19.8 Å². The topological polar surface area (TPSA) is 220 Å². The van der Waals surface area contributed by atoms with Gasteiger partial charge in [0.05, 0.1) is 77.4 Å². The average Bonchev–Trinajstić information content (AvgIpc) is 4.14. The highest BCUT2D eigenvalue weighted by molar-refractivity contribution is 7.91. The second-order valence-electron chi connectivity index (χ2n) is 21.1. The zero-order chi connectivity index (χ0) is 49.0. The number of sulfone groups is 1. The number of aromatic nitrogens is 2. The standard InChI is InChI=1S/C52H59N9O10S/c1-30-4-2-3-5-37(30)43-28-68-17-15-59(43)34-22-52(23-34)10-13-57(14-11-52)40-7-6-38(49(53)62)47(60-39-9-16-67-29-45(39)71-51-42(60)18-31-8-12-54-50(31)56-51)48(40)72(65,66)36-20-41(61(63)64)46-44(21-36)70-26-32(55-46)24-58-25-35-19-33(58)27-69-35/h2-8,12,18,20-21,32-35,39,43,45,55H,9-11,13-17,19,22-29H2,1H3,(H2,53,62)(H,54,56)/t32-,33-,35-,39+,43+,45+/m1/s1. The Morgan fingerprint density at radius 1 is 0.972 bits per heavy atom. The van der Waals surface area contributed by atoms with Crippen molar-refractivity contribution in [3.8, 4) is 11.6 Å². The summed E-state index contributed by atoms with van der Waals surface area (Å²) in [5.74, 6) is -0.541. The molecule has 378 valence electrons. The number of primary amides is 1. The summed E-state index contributed by atoms with van der Waals surface area (Å²) >= 11 is 0. The predicted octanol–water partition coefficient (Wildman–Crippen LogP) is 5.87. The predicted molar refractivity (Wildman–Crippen MR) is 266 cm³/mol. The van der Waals surface area contributed by atoms with Gasteiger partial charge in [0.2, 0.25) is 15.7 Å². The highest BCUT2D eigenvalue weighted by Gasteiger charge is 2.51. The van der Waals surface area contributed by atoms with Crippen LogP contribution >= 0.6 is 0 Å². The Morgan fingerprint density at radius 2 is 1.81 bits per heavy atom. The number of nitro groups is 1. The molecule has 1 saturated carbocycles. The number of nitrogens with two attached hydrogens (primary N) is 1. The number of piperidine rings is 1. The molecule has 5 aromatic rings. The highest BCUT2D eigenvalue weighted by Crippen LogP contribution is 2.56. The molecule has 1 spiro atoms. The number of benzene rings is 3. The lowest BCUT2D eigenvalue weighted by Gasteiger charge is -2.57. The number of hydrogen-bond acceptors (Lipinski definition) is 16. The van der Waals surface area contributed by atoms with E-state index in [0.717, 1.165) is 56.6 Å². The SMILES string of the molecule is Cc1ccccc1[C@@H]1COCCN1C1CC2(CCN(c3ccc(C(N)=O)c(N4c5cc6cc[nH]c6nc5O[C@H]5COCC[C@@H]54)c3S(=O)(=O)c3cc4c(c([N+](=O)[O-])c3)N[C@H](CN3C[C@H]5C[C@@H]3CO5)CO4)CC2)C1. The van der Waals surface area contributed by atoms with E-state index in [1.54, 1.807) is 18.3 Å². The third-order valence-corrected chi connectivity index (χ3v) is 18.8. The summed E-state index contributed by atoms with van der Waals surface area (Å²) in [6, 6.07) is 18.2. The van der Waals surface area contributed by atoms with Crippen molar-refractivity contribution in [3.05, 3.63) is 93.7 Å². The van der Waals surface area contributed by atoms with Crippen LogP contribution in [0.3, 0.4) is 0 Å². The molecule has 7 aliphatic heterocycles. The third kappa shape index (κ3) is 7.66. The van der Waals surface area contributed by atoms with Crippen LogP contribution in [-0.2, 0) is 24.0 Å². The molecule has 0 radical (unpaired) electrons. The number of H-pyrrole nitrogens is 1. The molecule has 4 N–H and O–H groups in total. The van der Waals surface area contributed by atoms with Gasteiger partial charge in [0, 0.05) is 75.1 Å². The number of aromatic amines is 1. The normalized spacial score (nSPS) is 27.1. The quantitative estimate of drug-likeness (QED) is 0.110. The van der Waals surface area contributed by atoms with Gasteiger partial charge in [-0.05, 0) is 86.3 Å². The first-order valence-electron chi connectivity index (χ1n) is 25.4. The van der Waals surface area contributed by atoms with Crippen LogP contribution in [0.1, 0.15) is 66.1 Å². The highest BCUT2D eigenvalue weighted by atomic mass is 32.2. The van der Waals surface area contributed by atoms with Crippen LogP contribution in [0.25, 0.3) is 11.0 Å². The van der Waals surface area contributed by atoms with Crippen LogP contribution in [0, 0.1) is 22.5 Å². The number of amides is 1. The Balaban J connectivity index is 0.896. The number of fused-ring (bicyclic) bond motifs is 6. The lowest BCUT2D eigenvalue weighted by molar-refractivity contribution is -0.384. The number of hydrogen-bond donors (Lipinski definition) is 3. The van der Waals surface area contributed by atoms with Crippen molar-refractivity contribution in [2.24, 2.45) is 11.1 Å². The Bertz CT molecular complexity index is 3100. The lowest BCUT2D eigenvalue weighted by atomic mass is 9.59. The maximum absolute atomic E-state index is 16.2. The van der Waals surface area contributed by atoms with E-state index in [1.807, 2.05) is 17.0 Å². The Morgan fingerprint density at radius 3 is 2.58 bits per heavy atom. The first-order valence-corrected chi connectivity index (χ1v) is 26.8. The number of anilines is 4. The molecule has 0 unspecified atom stereocenters. The summed E-state index contributed by atoms with van der Waals surface area (Å²) in [6.07, 6.45) is 6.43. The molecule has 2 aromatic heterocycles. The van der Waals surface area contributed by atoms with E-state index >= 15 is 8.42 Å². The maximum Gasteiger partial charge on any atom is 0.297 e. The molecule has 5 saturated heterocycles. The number of carbonyl (C=O) groups excluding carboxylic acids is 1. The minimum atomic E-state index is -4.78. The van der Waals surface area contributed by atoms with Crippen molar-refractivity contribution >= 4 is 55.2 Å². The van der Waals surface area contributed by atoms with Crippen LogP contribution in [0.15, 0.2) is 76.7 Å². The molecule has 8 aliphatic rings. The van der Waals surface area contributed by atoms with E-state index in [2.05, 4.69) is 56.2 Å². The molecule has 1 amide bonds. The van der Waals surface area contributed by atoms with Gasteiger partial charge in [0.1, 0.15) is 28.9 Å². The molecule has 2 bridgehead atoms. The number of nitro benzene ring substituents is 1. The third-order valence-electron chi connectivity index (χ3n) is 17.0. The summed E-state index contributed by atoms with van der Waals surface area (Å²) in [5, 5.41) is 17.2. The van der Waals surface area contributed by atoms with Crippen LogP contribution in [0.2, 0.25) is 0 Å². The molecule has 1 aliphatic carbocycles. The minimum absolute atomic E-state index is 0.0251. The molecule has 3 aromatic carbocycles. The Kier molecular flexibility index (Phi) is 11.2. The number of nitrogens with zero attached hydrogens (tertiary/aromatic N) is 6. The van der Waals surface area contributed by atoms with E-state index in [4.69, 9.17) is 34.4 Å². The lowest BCUT2D eigenvalue weighted by Crippen LogP contribution is -2.58. The van der Waals surface area contributed by atoms with Crippen molar-refractivity contribution in [1.29, 1.82) is 0 Å². The molecule has 72 heavy (non-hydrogen) atoms. The van der Waals surface area contributed by atoms with Crippen molar-refractivity contribution in [2.75, 3.05) is 87.5 Å². The van der Waals surface area contributed by atoms with Gasteiger partial charge >= 0.3 is 0 Å². The maximum atomic E-state index is 16.2. The summed E-state index contributed by atoms with van der Waals surface area (Å²) in [4.78, 5) is 42.8. The fourth-order valence-corrected chi connectivity index (χ4v) is 15.0. The summed E-state index contributed by atoms with van der Waals surface area (Å²) in [5.41, 5.74) is 10.1. The second-order valence-corrected chi connectivity index (χ2v) is 23.0. The van der Waals surface area contributed by atoms with Crippen LogP contribution in [-0.4, -0.2) is 148 Å². The van der Waals surface area contributed by atoms with Gasteiger partial charge in [-0.15, -0.1) is 0 Å². The molecule has 6 atom stereocenters. The number of carbonyl (C=O) groups is 1.